The maximum atomic E-state index is 5.84. The Morgan fingerprint density at radius 1 is 1.12 bits per heavy atom. The average molecular weight is 359 g/mol. The second kappa shape index (κ2) is 11.6. The molecule has 0 amide bonds. The van der Waals surface area contributed by atoms with E-state index < -0.39 is 0 Å². The van der Waals surface area contributed by atoms with Gasteiger partial charge in [0.25, 0.3) is 0 Å². The molecule has 1 aliphatic rings. The van der Waals surface area contributed by atoms with Crippen LogP contribution in [-0.4, -0.2) is 49.7 Å². The van der Waals surface area contributed by atoms with Crippen LogP contribution < -0.4 is 15.4 Å². The largest absolute Gasteiger partial charge is 0.492 e. The van der Waals surface area contributed by atoms with Crippen molar-refractivity contribution in [3.05, 3.63) is 42.0 Å². The maximum absolute atomic E-state index is 5.84. The number of aliphatic imine (C=N–C) groups is 1. The Labute approximate surface area is 158 Å². The maximum Gasteiger partial charge on any atom is 0.191 e. The van der Waals surface area contributed by atoms with Gasteiger partial charge in [0.2, 0.25) is 0 Å². The monoisotopic (exact) mass is 358 g/mol. The first kappa shape index (κ1) is 20.3. The Bertz CT molecular complexity index is 556. The lowest BCUT2D eigenvalue weighted by Crippen LogP contribution is -2.42. The standard InChI is InChI=1S/C21H34N4O/c1-4-22-21(24-19-9-7-8-10-19)23-17-18-11-13-20(14-12-18)26-16-15-25(5-2)6-3/h7-8,11-14,19H,4-6,9-10,15-17H2,1-3H3,(H2,22,23,24). The van der Waals surface area contributed by atoms with E-state index in [0.29, 0.717) is 12.6 Å². The van der Waals surface area contributed by atoms with Crippen LogP contribution in [0, 0.1) is 0 Å². The molecule has 0 radical (unpaired) electrons. The third-order valence-electron chi connectivity index (χ3n) is 4.61. The van der Waals surface area contributed by atoms with E-state index in [2.05, 4.69) is 60.6 Å². The van der Waals surface area contributed by atoms with Crippen molar-refractivity contribution >= 4 is 5.96 Å². The Morgan fingerprint density at radius 3 is 2.42 bits per heavy atom. The van der Waals surface area contributed by atoms with Gasteiger partial charge in [0.1, 0.15) is 12.4 Å². The molecule has 0 saturated carbocycles. The van der Waals surface area contributed by atoms with Crippen LogP contribution in [0.1, 0.15) is 39.2 Å². The molecule has 26 heavy (non-hydrogen) atoms. The van der Waals surface area contributed by atoms with Crippen LogP contribution in [0.25, 0.3) is 0 Å². The summed E-state index contributed by atoms with van der Waals surface area (Å²) in [6.45, 7) is 11.8. The van der Waals surface area contributed by atoms with Crippen LogP contribution in [-0.2, 0) is 6.54 Å². The fraction of sp³-hybridized carbons (Fsp3) is 0.571. The third kappa shape index (κ3) is 7.08. The van der Waals surface area contributed by atoms with E-state index in [1.807, 2.05) is 12.1 Å². The Balaban J connectivity index is 1.80. The van der Waals surface area contributed by atoms with Crippen LogP contribution in [0.3, 0.4) is 0 Å². The molecular weight excluding hydrogens is 324 g/mol. The van der Waals surface area contributed by atoms with Crippen LogP contribution in [0.5, 0.6) is 5.75 Å². The summed E-state index contributed by atoms with van der Waals surface area (Å²) in [5, 5.41) is 6.82. The van der Waals surface area contributed by atoms with Crippen molar-refractivity contribution in [3.63, 3.8) is 0 Å². The molecule has 0 fully saturated rings. The Kier molecular flexibility index (Phi) is 9.04. The SMILES string of the molecule is CCNC(=NCc1ccc(OCCN(CC)CC)cc1)NC1CC=CC1. The minimum Gasteiger partial charge on any atom is -0.492 e. The minimum atomic E-state index is 0.467. The van der Waals surface area contributed by atoms with Gasteiger partial charge in [-0.15, -0.1) is 0 Å². The van der Waals surface area contributed by atoms with Gasteiger partial charge in [0.05, 0.1) is 6.54 Å². The molecule has 2 rings (SSSR count). The summed E-state index contributed by atoms with van der Waals surface area (Å²) in [5.74, 6) is 1.81. The zero-order valence-corrected chi connectivity index (χ0v) is 16.5. The van der Waals surface area contributed by atoms with Gasteiger partial charge in [0.15, 0.2) is 5.96 Å². The summed E-state index contributed by atoms with van der Waals surface area (Å²) in [6.07, 6.45) is 6.59. The van der Waals surface area contributed by atoms with Crippen molar-refractivity contribution in [2.24, 2.45) is 4.99 Å². The number of likely N-dealkylation sites (N-methyl/N-ethyl adjacent to an activating group) is 1. The molecule has 2 N–H and O–H groups in total. The molecule has 0 heterocycles. The Morgan fingerprint density at radius 2 is 1.81 bits per heavy atom. The number of hydrogen-bond acceptors (Lipinski definition) is 3. The number of nitrogens with one attached hydrogen (secondary N) is 2. The third-order valence-corrected chi connectivity index (χ3v) is 4.61. The highest BCUT2D eigenvalue weighted by molar-refractivity contribution is 5.80. The molecule has 5 nitrogen and oxygen atoms in total. The molecular formula is C21H34N4O. The van der Waals surface area contributed by atoms with Crippen LogP contribution in [0.2, 0.25) is 0 Å². The minimum absolute atomic E-state index is 0.467. The van der Waals surface area contributed by atoms with E-state index in [9.17, 15) is 0 Å². The molecule has 0 atom stereocenters. The first-order valence-electron chi connectivity index (χ1n) is 9.89. The van der Waals surface area contributed by atoms with E-state index in [-0.39, 0.29) is 0 Å². The second-order valence-electron chi connectivity index (χ2n) is 6.50. The smallest absolute Gasteiger partial charge is 0.191 e. The number of rotatable bonds is 10. The molecule has 0 bridgehead atoms. The Hall–Kier alpha value is -2.01. The fourth-order valence-electron chi connectivity index (χ4n) is 2.94. The molecule has 0 unspecified atom stereocenters. The van der Waals surface area contributed by atoms with Crippen molar-refractivity contribution in [3.8, 4) is 5.75 Å². The van der Waals surface area contributed by atoms with Gasteiger partial charge in [-0.1, -0.05) is 38.1 Å². The first-order valence-corrected chi connectivity index (χ1v) is 9.89. The summed E-state index contributed by atoms with van der Waals surface area (Å²) in [4.78, 5) is 7.06. The lowest BCUT2D eigenvalue weighted by atomic mass is 10.2. The molecule has 0 saturated heterocycles. The van der Waals surface area contributed by atoms with Gasteiger partial charge in [-0.05, 0) is 50.6 Å². The summed E-state index contributed by atoms with van der Waals surface area (Å²) in [7, 11) is 0. The van der Waals surface area contributed by atoms with Crippen molar-refractivity contribution in [2.45, 2.75) is 46.2 Å². The second-order valence-corrected chi connectivity index (χ2v) is 6.50. The van der Waals surface area contributed by atoms with Gasteiger partial charge < -0.3 is 20.3 Å². The zero-order valence-electron chi connectivity index (χ0n) is 16.5. The van der Waals surface area contributed by atoms with Gasteiger partial charge in [0, 0.05) is 19.1 Å². The molecule has 5 heteroatoms. The first-order chi connectivity index (χ1) is 12.7. The van der Waals surface area contributed by atoms with Gasteiger partial charge >= 0.3 is 0 Å². The highest BCUT2D eigenvalue weighted by Crippen LogP contribution is 2.13. The van der Waals surface area contributed by atoms with Crippen molar-refractivity contribution in [1.82, 2.24) is 15.5 Å². The number of ether oxygens (including phenoxy) is 1. The number of guanidine groups is 1. The normalized spacial score (nSPS) is 14.8. The predicted octanol–water partition coefficient (Wildman–Crippen LogP) is 3.18. The number of nitrogens with zero attached hydrogens (tertiary/aromatic N) is 2. The van der Waals surface area contributed by atoms with Crippen LogP contribution in [0.15, 0.2) is 41.4 Å². The lowest BCUT2D eigenvalue weighted by molar-refractivity contribution is 0.223. The molecule has 0 spiro atoms. The average Bonchev–Trinajstić information content (AvgIpc) is 3.17. The van der Waals surface area contributed by atoms with Gasteiger partial charge in [-0.2, -0.15) is 0 Å². The van der Waals surface area contributed by atoms with Crippen LogP contribution in [0.4, 0.5) is 0 Å². The van der Waals surface area contributed by atoms with E-state index in [1.165, 1.54) is 5.56 Å². The fourth-order valence-corrected chi connectivity index (χ4v) is 2.94. The van der Waals surface area contributed by atoms with Crippen molar-refractivity contribution in [1.29, 1.82) is 0 Å². The summed E-state index contributed by atoms with van der Waals surface area (Å²) in [5.41, 5.74) is 1.18. The van der Waals surface area contributed by atoms with Gasteiger partial charge in [-0.3, -0.25) is 0 Å². The van der Waals surface area contributed by atoms with Crippen LogP contribution >= 0.6 is 0 Å². The molecule has 0 aromatic heterocycles. The highest BCUT2D eigenvalue weighted by Gasteiger charge is 2.11. The van der Waals surface area contributed by atoms with E-state index >= 15 is 0 Å². The summed E-state index contributed by atoms with van der Waals surface area (Å²) < 4.78 is 5.84. The van der Waals surface area contributed by atoms with E-state index in [0.717, 1.165) is 57.3 Å². The molecule has 144 valence electrons. The van der Waals surface area contributed by atoms with Crippen molar-refractivity contribution < 1.29 is 4.74 Å². The summed E-state index contributed by atoms with van der Waals surface area (Å²) >= 11 is 0. The molecule has 0 aliphatic heterocycles. The molecule has 1 aromatic rings. The summed E-state index contributed by atoms with van der Waals surface area (Å²) in [6, 6.07) is 8.73. The van der Waals surface area contributed by atoms with E-state index in [1.54, 1.807) is 0 Å². The highest BCUT2D eigenvalue weighted by atomic mass is 16.5. The quantitative estimate of drug-likeness (QED) is 0.383. The molecule has 1 aliphatic carbocycles. The molecule has 1 aromatic carbocycles. The van der Waals surface area contributed by atoms with E-state index in [4.69, 9.17) is 9.73 Å². The zero-order chi connectivity index (χ0) is 18.6. The van der Waals surface area contributed by atoms with Gasteiger partial charge in [-0.25, -0.2) is 4.99 Å². The predicted molar refractivity (Wildman–Crippen MR) is 110 cm³/mol. The number of benzene rings is 1. The van der Waals surface area contributed by atoms with Crippen molar-refractivity contribution in [2.75, 3.05) is 32.8 Å². The topological polar surface area (TPSA) is 48.9 Å². The number of hydrogen-bond donors (Lipinski definition) is 2. The lowest BCUT2D eigenvalue weighted by Gasteiger charge is -2.18.